The Morgan fingerprint density at radius 1 is 0.241 bits per heavy atom. The van der Waals surface area contributed by atoms with Gasteiger partial charge in [0.15, 0.2) is 6.10 Å². The van der Waals surface area contributed by atoms with Gasteiger partial charge in [-0.05, 0) is 83.5 Å². The third kappa shape index (κ3) is 70.0. The average Bonchev–Trinajstić information content (AvgIpc) is 3.48. The minimum Gasteiger partial charge on any atom is -0.462 e. The summed E-state index contributed by atoms with van der Waals surface area (Å²) in [4.78, 5) is 38.4. The van der Waals surface area contributed by atoms with Crippen LogP contribution in [0.4, 0.5) is 0 Å². The van der Waals surface area contributed by atoms with Crippen LogP contribution in [0.2, 0.25) is 0 Å². The topological polar surface area (TPSA) is 78.9 Å². The summed E-state index contributed by atoms with van der Waals surface area (Å²) >= 11 is 0. The van der Waals surface area contributed by atoms with Crippen molar-refractivity contribution in [3.05, 3.63) is 48.6 Å². The number of ether oxygens (including phenoxy) is 3. The predicted octanol–water partition coefficient (Wildman–Crippen LogP) is 25.7. The molecule has 1 atom stereocenters. The molecule has 0 aromatic rings. The summed E-state index contributed by atoms with van der Waals surface area (Å²) in [6.07, 6.45) is 91.7. The van der Waals surface area contributed by atoms with Crippen molar-refractivity contribution < 1.29 is 28.6 Å². The zero-order valence-electron chi connectivity index (χ0n) is 56.0. The Labute approximate surface area is 518 Å². The van der Waals surface area contributed by atoms with Gasteiger partial charge in [0, 0.05) is 19.3 Å². The van der Waals surface area contributed by atoms with E-state index in [1.54, 1.807) is 0 Å². The molecule has 0 spiro atoms. The maximum absolute atomic E-state index is 12.9. The molecule has 0 aromatic heterocycles. The van der Waals surface area contributed by atoms with Crippen LogP contribution in [0.1, 0.15) is 406 Å². The second-order valence-corrected chi connectivity index (χ2v) is 25.2. The maximum atomic E-state index is 12.9. The number of unbranched alkanes of at least 4 members (excludes halogenated alkanes) is 50. The van der Waals surface area contributed by atoms with Crippen LogP contribution in [-0.2, 0) is 28.6 Å². The van der Waals surface area contributed by atoms with Gasteiger partial charge in [-0.15, -0.1) is 0 Å². The number of allylic oxidation sites excluding steroid dienone is 8. The summed E-state index contributed by atoms with van der Waals surface area (Å²) < 4.78 is 17.0. The fourth-order valence-corrected chi connectivity index (χ4v) is 11.2. The molecule has 0 radical (unpaired) electrons. The number of carbonyl (C=O) groups is 3. The van der Waals surface area contributed by atoms with Crippen molar-refractivity contribution >= 4 is 17.9 Å². The van der Waals surface area contributed by atoms with Crippen LogP contribution < -0.4 is 0 Å². The summed E-state index contributed by atoms with van der Waals surface area (Å²) in [6, 6.07) is 0. The molecule has 1 unspecified atom stereocenters. The number of carbonyl (C=O) groups excluding carboxylic acids is 3. The molecule has 83 heavy (non-hydrogen) atoms. The highest BCUT2D eigenvalue weighted by Crippen LogP contribution is 2.19. The second-order valence-electron chi connectivity index (χ2n) is 25.2. The molecule has 0 aliphatic carbocycles. The molecule has 486 valence electrons. The molecule has 6 nitrogen and oxygen atoms in total. The van der Waals surface area contributed by atoms with Gasteiger partial charge in [0.1, 0.15) is 13.2 Å². The molecule has 0 aliphatic heterocycles. The molecular formula is C77H142O6. The van der Waals surface area contributed by atoms with Gasteiger partial charge in [-0.25, -0.2) is 0 Å². The fraction of sp³-hybridized carbons (Fsp3) is 0.857. The van der Waals surface area contributed by atoms with Gasteiger partial charge in [-0.1, -0.05) is 352 Å². The van der Waals surface area contributed by atoms with Crippen molar-refractivity contribution in [1.29, 1.82) is 0 Å². The standard InChI is InChI=1S/C77H142O6/c1-4-7-10-13-16-19-22-24-26-28-30-32-33-34-35-36-37-38-39-40-41-42-43-45-46-48-50-52-55-58-61-64-67-70-76(79)82-73-74(72-81-75(78)69-66-63-60-57-54-21-18-15-12-9-6-3)83-77(80)71-68-65-62-59-56-53-51-49-47-44-31-29-27-25-23-20-17-14-11-8-5-2/h23,25,28-31,47,49,74H,4-22,24,26-27,32-46,48,50-73H2,1-3H3/b25-23-,30-28-,31-29-,49-47-. The average molecular weight is 1160 g/mol. The van der Waals surface area contributed by atoms with Crippen molar-refractivity contribution in [3.63, 3.8) is 0 Å². The number of hydrogen-bond acceptors (Lipinski definition) is 6. The second kappa shape index (κ2) is 71.8. The van der Waals surface area contributed by atoms with Gasteiger partial charge in [-0.2, -0.15) is 0 Å². The van der Waals surface area contributed by atoms with Crippen LogP contribution >= 0.6 is 0 Å². The fourth-order valence-electron chi connectivity index (χ4n) is 11.2. The first kappa shape index (κ1) is 80.4. The van der Waals surface area contributed by atoms with Crippen LogP contribution in [0, 0.1) is 0 Å². The number of rotatable bonds is 69. The predicted molar refractivity (Wildman–Crippen MR) is 362 cm³/mol. The SMILES string of the molecule is CCCCCCC/C=C\C/C=C\C/C=C\CCCCCCCCC(=O)OC(COC(=O)CCCCCCCCCCCCC)COC(=O)CCCCCCCCCCCCCCCCCCCCCCC/C=C\CCCCCCCCCC. The monoisotopic (exact) mass is 1160 g/mol. The van der Waals surface area contributed by atoms with E-state index < -0.39 is 6.10 Å². The maximum Gasteiger partial charge on any atom is 0.306 e. The Bertz CT molecular complexity index is 1430. The first-order valence-electron chi connectivity index (χ1n) is 37.1. The molecule has 0 heterocycles. The van der Waals surface area contributed by atoms with Gasteiger partial charge in [0.2, 0.25) is 0 Å². The quantitative estimate of drug-likeness (QED) is 0.0261. The van der Waals surface area contributed by atoms with E-state index in [2.05, 4.69) is 69.4 Å². The summed E-state index contributed by atoms with van der Waals surface area (Å²) in [5.41, 5.74) is 0. The highest BCUT2D eigenvalue weighted by atomic mass is 16.6. The smallest absolute Gasteiger partial charge is 0.306 e. The van der Waals surface area contributed by atoms with E-state index in [4.69, 9.17) is 14.2 Å². The molecule has 0 bridgehead atoms. The lowest BCUT2D eigenvalue weighted by atomic mass is 10.0. The van der Waals surface area contributed by atoms with E-state index in [-0.39, 0.29) is 31.1 Å². The van der Waals surface area contributed by atoms with Crippen LogP contribution in [0.5, 0.6) is 0 Å². The summed E-state index contributed by atoms with van der Waals surface area (Å²) in [5, 5.41) is 0. The summed E-state index contributed by atoms with van der Waals surface area (Å²) in [7, 11) is 0. The van der Waals surface area contributed by atoms with E-state index in [9.17, 15) is 14.4 Å². The van der Waals surface area contributed by atoms with Crippen molar-refractivity contribution in [2.45, 2.75) is 412 Å². The lowest BCUT2D eigenvalue weighted by Gasteiger charge is -2.18. The Kier molecular flexibility index (Phi) is 69.6. The Morgan fingerprint density at radius 3 is 0.687 bits per heavy atom. The highest BCUT2D eigenvalue weighted by molar-refractivity contribution is 5.71. The lowest BCUT2D eigenvalue weighted by molar-refractivity contribution is -0.167. The Balaban J connectivity index is 4.11. The largest absolute Gasteiger partial charge is 0.462 e. The molecule has 0 rings (SSSR count). The molecule has 0 aliphatic rings. The van der Waals surface area contributed by atoms with Crippen molar-refractivity contribution in [2.75, 3.05) is 13.2 Å². The summed E-state index contributed by atoms with van der Waals surface area (Å²) in [6.45, 7) is 6.67. The van der Waals surface area contributed by atoms with Gasteiger partial charge >= 0.3 is 17.9 Å². The van der Waals surface area contributed by atoms with Gasteiger partial charge < -0.3 is 14.2 Å². The van der Waals surface area contributed by atoms with Crippen LogP contribution in [0.25, 0.3) is 0 Å². The molecule has 0 saturated heterocycles. The number of hydrogen-bond donors (Lipinski definition) is 0. The van der Waals surface area contributed by atoms with E-state index in [0.29, 0.717) is 19.3 Å². The molecule has 0 N–H and O–H groups in total. The van der Waals surface area contributed by atoms with E-state index >= 15 is 0 Å². The minimum atomic E-state index is -0.778. The molecular weight excluding hydrogens is 1020 g/mol. The molecule has 0 aromatic carbocycles. The van der Waals surface area contributed by atoms with Crippen molar-refractivity contribution in [3.8, 4) is 0 Å². The first-order chi connectivity index (χ1) is 41.0. The zero-order chi connectivity index (χ0) is 59.9. The molecule has 0 fully saturated rings. The summed E-state index contributed by atoms with van der Waals surface area (Å²) in [5.74, 6) is -0.861. The molecule has 6 heteroatoms. The van der Waals surface area contributed by atoms with Crippen molar-refractivity contribution in [1.82, 2.24) is 0 Å². The van der Waals surface area contributed by atoms with Crippen molar-refractivity contribution in [2.24, 2.45) is 0 Å². The van der Waals surface area contributed by atoms with Crippen LogP contribution in [0.3, 0.4) is 0 Å². The van der Waals surface area contributed by atoms with E-state index in [1.165, 1.54) is 289 Å². The van der Waals surface area contributed by atoms with Gasteiger partial charge in [0.05, 0.1) is 0 Å². The van der Waals surface area contributed by atoms with Crippen LogP contribution in [-0.4, -0.2) is 37.2 Å². The normalized spacial score (nSPS) is 12.3. The first-order valence-corrected chi connectivity index (χ1v) is 37.1. The lowest BCUT2D eigenvalue weighted by Crippen LogP contribution is -2.30. The molecule has 0 saturated carbocycles. The molecule has 0 amide bonds. The minimum absolute atomic E-state index is 0.0734. The third-order valence-corrected chi connectivity index (χ3v) is 16.8. The van der Waals surface area contributed by atoms with Gasteiger partial charge in [0.25, 0.3) is 0 Å². The highest BCUT2D eigenvalue weighted by Gasteiger charge is 2.19. The Morgan fingerprint density at radius 2 is 0.434 bits per heavy atom. The zero-order valence-corrected chi connectivity index (χ0v) is 56.0. The van der Waals surface area contributed by atoms with Gasteiger partial charge in [-0.3, -0.25) is 14.4 Å². The van der Waals surface area contributed by atoms with Crippen LogP contribution in [0.15, 0.2) is 48.6 Å². The Hall–Kier alpha value is -2.63. The number of esters is 3. The van der Waals surface area contributed by atoms with E-state index in [0.717, 1.165) is 77.0 Å². The third-order valence-electron chi connectivity index (χ3n) is 16.8. The van der Waals surface area contributed by atoms with E-state index in [1.807, 2.05) is 0 Å².